The Morgan fingerprint density at radius 1 is 0.243 bits per heavy atom. The van der Waals surface area contributed by atoms with Gasteiger partial charge in [0.1, 0.15) is 45.8 Å². The van der Waals surface area contributed by atoms with Gasteiger partial charge in [0.2, 0.25) is 70.9 Å². The predicted molar refractivity (Wildman–Crippen MR) is 528 cm³/mol. The van der Waals surface area contributed by atoms with Gasteiger partial charge in [-0.3, -0.25) is 62.9 Å². The van der Waals surface area contributed by atoms with Crippen molar-refractivity contribution in [1.82, 2.24) is 64.5 Å². The molecule has 0 unspecified atom stereocenters. The summed E-state index contributed by atoms with van der Waals surface area (Å²) < 4.78 is 0. The molecular weight excluding hydrogens is 1720 g/mol. The summed E-state index contributed by atoms with van der Waals surface area (Å²) in [6, 6.07) is 66.4. The van der Waals surface area contributed by atoms with Crippen LogP contribution < -0.4 is 39.3 Å². The fourth-order valence-electron chi connectivity index (χ4n) is 16.5. The number of benzene rings is 8. The zero-order valence-corrected chi connectivity index (χ0v) is 80.2. The molecule has 0 aromatic heterocycles. The maximum atomic E-state index is 16.1. The molecule has 8 rings (SSSR count). The number of carbonyl (C=O) groups is 12. The van der Waals surface area contributed by atoms with Crippen LogP contribution in [0.25, 0.3) is 0 Å². The molecule has 8 aromatic carbocycles. The van der Waals surface area contributed by atoms with Crippen molar-refractivity contribution in [2.75, 3.05) is 131 Å². The van der Waals surface area contributed by atoms with Crippen molar-refractivity contribution in [2.45, 2.75) is 155 Å². The molecule has 728 valence electrons. The average Bonchev–Trinajstić information content (AvgIpc) is 0.815. The van der Waals surface area contributed by atoms with Gasteiger partial charge in [-0.2, -0.15) is 0 Å². The van der Waals surface area contributed by atoms with Crippen LogP contribution in [-0.2, 0) is 57.5 Å². The summed E-state index contributed by atoms with van der Waals surface area (Å²) in [4.78, 5) is 199. The quantitative estimate of drug-likeness (QED) is 0.00998. The first-order valence-electron chi connectivity index (χ1n) is 47.2. The summed E-state index contributed by atoms with van der Waals surface area (Å²) in [6.07, 6.45) is 3.66. The fourth-order valence-corrected chi connectivity index (χ4v) is 16.5. The van der Waals surface area contributed by atoms with Crippen LogP contribution in [0.1, 0.15) is 200 Å². The Labute approximate surface area is 801 Å². The first-order chi connectivity index (χ1) is 65.5. The second-order valence-electron chi connectivity index (χ2n) is 34.5. The molecule has 0 aliphatic rings. The van der Waals surface area contributed by atoms with Crippen LogP contribution in [0.3, 0.4) is 0 Å². The molecule has 0 radical (unpaired) electrons. The summed E-state index contributed by atoms with van der Waals surface area (Å²) >= 11 is 0. The van der Waals surface area contributed by atoms with Crippen molar-refractivity contribution in [3.63, 3.8) is 0 Å². The minimum atomic E-state index is -0.873. The molecule has 0 aliphatic heterocycles. The summed E-state index contributed by atoms with van der Waals surface area (Å²) in [5, 5.41) is 13.9. The minimum absolute atomic E-state index is 0.00726. The molecule has 31 nitrogen and oxygen atoms in total. The zero-order valence-electron chi connectivity index (χ0n) is 80.2. The number of hydrogen-bond acceptors (Lipinski definition) is 17. The molecule has 0 aliphatic carbocycles. The molecule has 136 heavy (non-hydrogen) atoms. The molecular formula is C105H141N19O12. The van der Waals surface area contributed by atoms with Gasteiger partial charge in [0.25, 0.3) is 0 Å². The van der Waals surface area contributed by atoms with E-state index in [9.17, 15) is 14.4 Å². The Hall–Kier alpha value is -13.5. The molecule has 0 bridgehead atoms. The number of nitrogens with one attached hydrogen (secondary N) is 3. The van der Waals surface area contributed by atoms with Crippen molar-refractivity contribution in [1.29, 1.82) is 5.41 Å². The number of carbonyl (C=O) groups excluding carboxylic acids is 12. The standard InChI is InChI=1S/C105H141N19O12/c1-77(85-41-17-9-18-42-85)117(66-93(109)125)101(133)74-122(82(6)90-51-27-14-28-52-90)98(130)67-114(62-38-34-58-107)95(127)70-120(80(4)88-47-23-12-24-48-88)103(135)75-123(83(7)91-53-29-15-30-54-91)99(131)68-115(63-39-35-59-108)96(128)71-121(81(5)89-49-25-13-26-50-89)104(136)76-124(84(8)92-55-31-16-32-56-92)100(132)69-116(64-40-37-61-113-105(110)111)97(129)72-119(79(3)87-45-21-11-22-46-87)102(134)73-118(78(2)86-43-19-10-20-44-86)94(126)65-112-60-36-33-57-106/h9-32,41-56,77-84,112H,33-40,57-76,106-108H2,1-8H3,(H2,109,125)(H4,110,111,113)/t77-,78-,79-,80-,81-,82-,83-,84-/m0/s1. The van der Waals surface area contributed by atoms with Crippen molar-refractivity contribution >= 4 is 76.8 Å². The van der Waals surface area contributed by atoms with Crippen LogP contribution in [0, 0.1) is 5.41 Å². The SMILES string of the molecule is C[C@@H](c1ccccc1)N(CC(N)=O)C(=O)CN(C(=O)CN(CCCCN)C(=O)CN(C(=O)CN(C(=O)CN(CCCCN)C(=O)CN(C(=O)CN(C(=O)CN(CCCCNC(=N)N)C(=O)CN(C(=O)CN(C(=O)CNCCCCN)[C@@H](C)c1ccccc1)[C@@H](C)c1ccccc1)[C@@H](C)c1ccccc1)[C@@H](C)c1ccccc1)[C@@H](C)c1ccccc1)[C@@H](C)c1ccccc1)[C@@H](C)c1ccccc1. The monoisotopic (exact) mass is 1860 g/mol. The van der Waals surface area contributed by atoms with Gasteiger partial charge in [0.15, 0.2) is 5.96 Å². The molecule has 0 spiro atoms. The van der Waals surface area contributed by atoms with Crippen molar-refractivity contribution in [3.8, 4) is 0 Å². The predicted octanol–water partition coefficient (Wildman–Crippen LogP) is 9.75. The topological polar surface area (TPSA) is 418 Å². The Kier molecular flexibility index (Phi) is 44.9. The molecule has 0 saturated carbocycles. The lowest BCUT2D eigenvalue weighted by molar-refractivity contribution is -0.152. The van der Waals surface area contributed by atoms with Crippen LogP contribution in [0.15, 0.2) is 243 Å². The maximum Gasteiger partial charge on any atom is 0.243 e. The first kappa shape index (κ1) is 108. The second-order valence-corrected chi connectivity index (χ2v) is 34.5. The van der Waals surface area contributed by atoms with E-state index in [1.165, 1.54) is 53.9 Å². The van der Waals surface area contributed by atoms with E-state index in [0.717, 1.165) is 24.0 Å². The number of guanidine groups is 1. The Bertz CT molecular complexity index is 5080. The molecule has 0 fully saturated rings. The summed E-state index contributed by atoms with van der Waals surface area (Å²) in [5.41, 5.74) is 34.9. The molecule has 8 atom stereocenters. The van der Waals surface area contributed by atoms with E-state index in [1.807, 2.05) is 128 Å². The van der Waals surface area contributed by atoms with Gasteiger partial charge >= 0.3 is 0 Å². The van der Waals surface area contributed by atoms with Gasteiger partial charge in [0.05, 0.1) is 81.1 Å². The van der Waals surface area contributed by atoms with Gasteiger partial charge < -0.3 is 93.2 Å². The Balaban J connectivity index is 1.13. The number of nitrogens with zero attached hydrogens (tertiary/aromatic N) is 11. The average molecular weight is 1860 g/mol. The van der Waals surface area contributed by atoms with Crippen LogP contribution >= 0.6 is 0 Å². The molecule has 12 amide bonds. The van der Waals surface area contributed by atoms with E-state index in [4.69, 9.17) is 34.1 Å². The van der Waals surface area contributed by atoms with E-state index in [2.05, 4.69) is 10.6 Å². The van der Waals surface area contributed by atoms with Crippen LogP contribution in [0.2, 0.25) is 0 Å². The van der Waals surface area contributed by atoms with Crippen LogP contribution in [0.5, 0.6) is 0 Å². The lowest BCUT2D eigenvalue weighted by Gasteiger charge is -2.38. The zero-order chi connectivity index (χ0) is 98.6. The molecule has 0 saturated heterocycles. The fraction of sp³-hybridized carbons (Fsp3) is 0.419. The van der Waals surface area contributed by atoms with E-state index < -0.39 is 185 Å². The third kappa shape index (κ3) is 33.3. The number of hydrogen-bond donors (Lipinski definition) is 8. The Morgan fingerprint density at radius 2 is 0.426 bits per heavy atom. The first-order valence-corrected chi connectivity index (χ1v) is 47.2. The van der Waals surface area contributed by atoms with E-state index >= 15 is 43.2 Å². The highest BCUT2D eigenvalue weighted by atomic mass is 16.2. The van der Waals surface area contributed by atoms with Gasteiger partial charge in [-0.05, 0) is 177 Å². The van der Waals surface area contributed by atoms with E-state index in [-0.39, 0.29) is 64.1 Å². The summed E-state index contributed by atoms with van der Waals surface area (Å²) in [7, 11) is 0. The van der Waals surface area contributed by atoms with Gasteiger partial charge in [0, 0.05) is 26.2 Å². The molecule has 0 heterocycles. The van der Waals surface area contributed by atoms with Crippen LogP contribution in [0.4, 0.5) is 0 Å². The lowest BCUT2D eigenvalue weighted by Crippen LogP contribution is -2.54. The third-order valence-electron chi connectivity index (χ3n) is 25.1. The van der Waals surface area contributed by atoms with Gasteiger partial charge in [-0.25, -0.2) is 0 Å². The summed E-state index contributed by atoms with van der Waals surface area (Å²) in [5.74, 6) is -7.79. The molecule has 31 heteroatoms. The normalized spacial score (nSPS) is 12.8. The highest BCUT2D eigenvalue weighted by Gasteiger charge is 2.40. The number of primary amides is 1. The van der Waals surface area contributed by atoms with E-state index in [1.54, 1.807) is 170 Å². The minimum Gasteiger partial charge on any atom is -0.370 e. The third-order valence-corrected chi connectivity index (χ3v) is 25.1. The second kappa shape index (κ2) is 56.6. The molecule has 8 aromatic rings. The summed E-state index contributed by atoms with van der Waals surface area (Å²) in [6.45, 7) is 9.47. The Morgan fingerprint density at radius 3 is 0.640 bits per heavy atom. The van der Waals surface area contributed by atoms with Gasteiger partial charge in [-0.15, -0.1) is 0 Å². The van der Waals surface area contributed by atoms with Crippen molar-refractivity contribution in [2.24, 2.45) is 28.7 Å². The van der Waals surface area contributed by atoms with E-state index in [0.29, 0.717) is 78.6 Å². The number of amides is 12. The highest BCUT2D eigenvalue weighted by Crippen LogP contribution is 2.32. The largest absolute Gasteiger partial charge is 0.370 e. The smallest absolute Gasteiger partial charge is 0.243 e. The number of rotatable bonds is 57. The molecule has 13 N–H and O–H groups in total. The number of unbranched alkanes of at least 4 members (excludes halogenated alkanes) is 4. The van der Waals surface area contributed by atoms with Crippen molar-refractivity contribution in [3.05, 3.63) is 287 Å². The highest BCUT2D eigenvalue weighted by molar-refractivity contribution is 5.96. The maximum absolute atomic E-state index is 16.1. The van der Waals surface area contributed by atoms with Gasteiger partial charge in [-0.1, -0.05) is 243 Å². The van der Waals surface area contributed by atoms with Crippen LogP contribution in [-0.4, -0.2) is 262 Å². The lowest BCUT2D eigenvalue weighted by atomic mass is 10.0. The number of nitrogens with two attached hydrogens (primary N) is 5. The van der Waals surface area contributed by atoms with Crippen molar-refractivity contribution < 1.29 is 57.5 Å².